The maximum absolute atomic E-state index is 14.1. The van der Waals surface area contributed by atoms with Crippen LogP contribution in [-0.4, -0.2) is 31.3 Å². The first-order valence-electron chi connectivity index (χ1n) is 6.61. The highest BCUT2D eigenvalue weighted by atomic mass is 19.1. The number of rotatable bonds is 5. The van der Waals surface area contributed by atoms with Gasteiger partial charge in [0.05, 0.1) is 12.3 Å². The molecule has 1 saturated heterocycles. The Morgan fingerprint density at radius 1 is 1.39 bits per heavy atom. The minimum atomic E-state index is -0.146. The first kappa shape index (κ1) is 13.3. The fourth-order valence-corrected chi connectivity index (χ4v) is 2.41. The van der Waals surface area contributed by atoms with Crippen molar-refractivity contribution in [3.05, 3.63) is 29.6 Å². The molecule has 18 heavy (non-hydrogen) atoms. The lowest BCUT2D eigenvalue weighted by atomic mass is 10.1. The van der Waals surface area contributed by atoms with Crippen LogP contribution in [0.25, 0.3) is 0 Å². The quantitative estimate of drug-likeness (QED) is 0.842. The van der Waals surface area contributed by atoms with E-state index in [4.69, 9.17) is 5.11 Å². The van der Waals surface area contributed by atoms with Crippen LogP contribution in [-0.2, 0) is 0 Å². The monoisotopic (exact) mass is 252 g/mol. The molecule has 0 amide bonds. The number of nitrogens with one attached hydrogen (secondary N) is 1. The van der Waals surface area contributed by atoms with E-state index in [9.17, 15) is 4.39 Å². The molecule has 1 aromatic rings. The Labute approximate surface area is 108 Å². The summed E-state index contributed by atoms with van der Waals surface area (Å²) in [6.07, 6.45) is 2.30. The van der Waals surface area contributed by atoms with Crippen LogP contribution in [0, 0.1) is 5.82 Å². The van der Waals surface area contributed by atoms with Gasteiger partial charge in [0.2, 0.25) is 0 Å². The van der Waals surface area contributed by atoms with Crippen LogP contribution in [0.5, 0.6) is 0 Å². The van der Waals surface area contributed by atoms with Crippen LogP contribution in [0.2, 0.25) is 0 Å². The third-order valence-corrected chi connectivity index (χ3v) is 3.48. The summed E-state index contributed by atoms with van der Waals surface area (Å²) in [7, 11) is 0. The van der Waals surface area contributed by atoms with Crippen molar-refractivity contribution in [1.29, 1.82) is 0 Å². The highest BCUT2D eigenvalue weighted by Gasteiger charge is 2.17. The zero-order valence-corrected chi connectivity index (χ0v) is 10.8. The van der Waals surface area contributed by atoms with Gasteiger partial charge in [0.1, 0.15) is 5.82 Å². The third kappa shape index (κ3) is 3.00. The summed E-state index contributed by atoms with van der Waals surface area (Å²) in [5.41, 5.74) is 1.63. The maximum Gasteiger partial charge on any atom is 0.146 e. The van der Waals surface area contributed by atoms with Crippen molar-refractivity contribution in [2.24, 2.45) is 0 Å². The minimum absolute atomic E-state index is 0.0549. The molecule has 100 valence electrons. The number of hydrogen-bond acceptors (Lipinski definition) is 3. The molecule has 2 rings (SSSR count). The molecule has 2 N–H and O–H groups in total. The lowest BCUT2D eigenvalue weighted by molar-refractivity contribution is 0.286. The normalized spacial score (nSPS) is 17.2. The maximum atomic E-state index is 14.1. The molecule has 0 radical (unpaired) electrons. The Morgan fingerprint density at radius 2 is 2.11 bits per heavy atom. The van der Waals surface area contributed by atoms with E-state index in [1.165, 1.54) is 0 Å². The molecule has 0 spiro atoms. The van der Waals surface area contributed by atoms with Gasteiger partial charge in [0, 0.05) is 25.7 Å². The SMILES string of the molecule is C[C@@H](NCCO)c1ccc(N2CCCC2)c(F)c1. The van der Waals surface area contributed by atoms with Crippen LogP contribution in [0.4, 0.5) is 10.1 Å². The molecule has 0 unspecified atom stereocenters. The number of halogens is 1. The summed E-state index contributed by atoms with van der Waals surface area (Å²) in [5, 5.41) is 11.9. The lowest BCUT2D eigenvalue weighted by Crippen LogP contribution is -2.23. The van der Waals surface area contributed by atoms with Gasteiger partial charge in [0.15, 0.2) is 0 Å². The third-order valence-electron chi connectivity index (χ3n) is 3.48. The van der Waals surface area contributed by atoms with Crippen molar-refractivity contribution >= 4 is 5.69 Å². The van der Waals surface area contributed by atoms with Gasteiger partial charge in [0.25, 0.3) is 0 Å². The second kappa shape index (κ2) is 6.16. The highest BCUT2D eigenvalue weighted by molar-refractivity contribution is 5.50. The zero-order chi connectivity index (χ0) is 13.0. The summed E-state index contributed by atoms with van der Waals surface area (Å²) in [4.78, 5) is 2.10. The number of aliphatic hydroxyl groups excluding tert-OH is 1. The number of anilines is 1. The Bertz CT molecular complexity index is 391. The van der Waals surface area contributed by atoms with E-state index >= 15 is 0 Å². The summed E-state index contributed by atoms with van der Waals surface area (Å²) in [6.45, 7) is 4.50. The van der Waals surface area contributed by atoms with Crippen molar-refractivity contribution in [3.8, 4) is 0 Å². The molecule has 1 aromatic carbocycles. The average Bonchev–Trinajstić information content (AvgIpc) is 2.89. The van der Waals surface area contributed by atoms with Crippen LogP contribution in [0.3, 0.4) is 0 Å². The van der Waals surface area contributed by atoms with Crippen molar-refractivity contribution in [1.82, 2.24) is 5.32 Å². The summed E-state index contributed by atoms with van der Waals surface area (Å²) in [5.74, 6) is -0.146. The van der Waals surface area contributed by atoms with E-state index in [2.05, 4.69) is 10.2 Å². The number of nitrogens with zero attached hydrogens (tertiary/aromatic N) is 1. The second-order valence-electron chi connectivity index (χ2n) is 4.80. The van der Waals surface area contributed by atoms with Gasteiger partial charge >= 0.3 is 0 Å². The van der Waals surface area contributed by atoms with Gasteiger partial charge in [-0.2, -0.15) is 0 Å². The first-order chi connectivity index (χ1) is 8.72. The van der Waals surface area contributed by atoms with Crippen LogP contribution in [0.1, 0.15) is 31.4 Å². The molecule has 1 aliphatic rings. The molecular formula is C14H21FN2O. The number of aliphatic hydroxyl groups is 1. The van der Waals surface area contributed by atoms with Gasteiger partial charge in [-0.05, 0) is 37.5 Å². The standard InChI is InChI=1S/C14H21FN2O/c1-11(16-6-9-18)12-4-5-14(13(15)10-12)17-7-2-3-8-17/h4-5,10-11,16,18H,2-3,6-9H2,1H3/t11-/m1/s1. The lowest BCUT2D eigenvalue weighted by Gasteiger charge is -2.20. The smallest absolute Gasteiger partial charge is 0.146 e. The Balaban J connectivity index is 2.08. The Morgan fingerprint density at radius 3 is 2.72 bits per heavy atom. The molecular weight excluding hydrogens is 231 g/mol. The van der Waals surface area contributed by atoms with Crippen LogP contribution >= 0.6 is 0 Å². The molecule has 0 bridgehead atoms. The summed E-state index contributed by atoms with van der Waals surface area (Å²) < 4.78 is 14.1. The summed E-state index contributed by atoms with van der Waals surface area (Å²) >= 11 is 0. The fraction of sp³-hybridized carbons (Fsp3) is 0.571. The Kier molecular flexibility index (Phi) is 4.55. The fourth-order valence-electron chi connectivity index (χ4n) is 2.41. The molecule has 0 saturated carbocycles. The summed E-state index contributed by atoms with van der Waals surface area (Å²) in [6, 6.07) is 5.49. The largest absolute Gasteiger partial charge is 0.395 e. The van der Waals surface area contributed by atoms with Crippen molar-refractivity contribution in [3.63, 3.8) is 0 Å². The molecule has 4 heteroatoms. The Hall–Kier alpha value is -1.13. The van der Waals surface area contributed by atoms with Crippen LogP contribution < -0.4 is 10.2 Å². The number of hydrogen-bond donors (Lipinski definition) is 2. The predicted molar refractivity (Wildman–Crippen MR) is 71.4 cm³/mol. The van der Waals surface area contributed by atoms with E-state index in [0.29, 0.717) is 12.2 Å². The second-order valence-corrected chi connectivity index (χ2v) is 4.80. The molecule has 1 aliphatic heterocycles. The zero-order valence-electron chi connectivity index (χ0n) is 10.8. The van der Waals surface area contributed by atoms with Gasteiger partial charge in [-0.15, -0.1) is 0 Å². The van der Waals surface area contributed by atoms with Crippen molar-refractivity contribution in [2.45, 2.75) is 25.8 Å². The molecule has 1 atom stereocenters. The molecule has 1 heterocycles. The van der Waals surface area contributed by atoms with Crippen molar-refractivity contribution in [2.75, 3.05) is 31.1 Å². The van der Waals surface area contributed by atoms with E-state index in [1.54, 1.807) is 6.07 Å². The van der Waals surface area contributed by atoms with E-state index < -0.39 is 0 Å². The van der Waals surface area contributed by atoms with E-state index in [1.807, 2.05) is 19.1 Å². The molecule has 0 aliphatic carbocycles. The molecule has 0 aromatic heterocycles. The molecule has 1 fully saturated rings. The minimum Gasteiger partial charge on any atom is -0.395 e. The molecule has 3 nitrogen and oxygen atoms in total. The van der Waals surface area contributed by atoms with Gasteiger partial charge in [-0.25, -0.2) is 4.39 Å². The first-order valence-corrected chi connectivity index (χ1v) is 6.61. The number of benzene rings is 1. The average molecular weight is 252 g/mol. The van der Waals surface area contributed by atoms with E-state index in [0.717, 1.165) is 31.5 Å². The van der Waals surface area contributed by atoms with Gasteiger partial charge in [-0.1, -0.05) is 6.07 Å². The van der Waals surface area contributed by atoms with Gasteiger partial charge in [-0.3, -0.25) is 0 Å². The van der Waals surface area contributed by atoms with Crippen molar-refractivity contribution < 1.29 is 9.50 Å². The topological polar surface area (TPSA) is 35.5 Å². The van der Waals surface area contributed by atoms with Gasteiger partial charge < -0.3 is 15.3 Å². The van der Waals surface area contributed by atoms with E-state index in [-0.39, 0.29) is 18.5 Å². The van der Waals surface area contributed by atoms with Crippen LogP contribution in [0.15, 0.2) is 18.2 Å². The highest BCUT2D eigenvalue weighted by Crippen LogP contribution is 2.26. The predicted octanol–water partition coefficient (Wildman–Crippen LogP) is 2.07.